The van der Waals surface area contributed by atoms with E-state index in [0.717, 1.165) is 43.8 Å². The Morgan fingerprint density at radius 1 is 1.27 bits per heavy atom. The maximum atomic E-state index is 13.1. The average Bonchev–Trinajstić information content (AvgIpc) is 2.74. The Balaban J connectivity index is 1.61. The highest BCUT2D eigenvalue weighted by Gasteiger charge is 2.38. The second-order valence-electron chi connectivity index (χ2n) is 9.39. The number of likely N-dealkylation sites (tertiary alicyclic amines) is 1. The van der Waals surface area contributed by atoms with E-state index in [1.807, 2.05) is 43.1 Å². The summed E-state index contributed by atoms with van der Waals surface area (Å²) < 4.78 is 0. The first kappa shape index (κ1) is 23.4. The highest BCUT2D eigenvalue weighted by Crippen LogP contribution is 2.36. The molecule has 2 aliphatic rings. The lowest BCUT2D eigenvalue weighted by Gasteiger charge is -2.41. The van der Waals surface area contributed by atoms with Gasteiger partial charge in [0.1, 0.15) is 0 Å². The first-order valence-electron chi connectivity index (χ1n) is 11.6. The Kier molecular flexibility index (Phi) is 8.44. The van der Waals surface area contributed by atoms with Crippen molar-refractivity contribution in [1.29, 1.82) is 0 Å². The van der Waals surface area contributed by atoms with Crippen LogP contribution < -0.4 is 10.6 Å². The molecule has 1 aliphatic carbocycles. The lowest BCUT2D eigenvalue weighted by atomic mass is 9.78. The van der Waals surface area contributed by atoms with Crippen LogP contribution in [0.25, 0.3) is 0 Å². The molecule has 3 atom stereocenters. The molecule has 0 aromatic heterocycles. The van der Waals surface area contributed by atoms with Gasteiger partial charge in [0.25, 0.3) is 0 Å². The maximum absolute atomic E-state index is 13.1. The SMILES string of the molecule is CNCC(CC1CCCCC1)NC(=O)N1CCC[C@@H]([C@](C)(O)c2cccc(Cl)c2)C1. The molecule has 1 heterocycles. The highest BCUT2D eigenvalue weighted by molar-refractivity contribution is 6.30. The molecular weight excluding hydrogens is 398 g/mol. The molecule has 1 aromatic carbocycles. The largest absolute Gasteiger partial charge is 0.385 e. The first-order chi connectivity index (χ1) is 14.4. The predicted octanol–water partition coefficient (Wildman–Crippen LogP) is 4.53. The zero-order valence-electron chi connectivity index (χ0n) is 18.5. The number of amides is 2. The Morgan fingerprint density at radius 2 is 2.03 bits per heavy atom. The minimum atomic E-state index is -1.02. The van der Waals surface area contributed by atoms with Crippen LogP contribution in [0.15, 0.2) is 24.3 Å². The third kappa shape index (κ3) is 6.12. The molecule has 168 valence electrons. The van der Waals surface area contributed by atoms with E-state index in [0.29, 0.717) is 11.6 Å². The van der Waals surface area contributed by atoms with Crippen LogP contribution >= 0.6 is 11.6 Å². The van der Waals surface area contributed by atoms with Gasteiger partial charge in [0.15, 0.2) is 0 Å². The van der Waals surface area contributed by atoms with Crippen molar-refractivity contribution in [3.05, 3.63) is 34.9 Å². The van der Waals surface area contributed by atoms with E-state index in [9.17, 15) is 9.90 Å². The second-order valence-corrected chi connectivity index (χ2v) is 9.82. The van der Waals surface area contributed by atoms with Crippen molar-refractivity contribution in [2.75, 3.05) is 26.7 Å². The molecule has 1 aromatic rings. The van der Waals surface area contributed by atoms with Crippen molar-refractivity contribution in [1.82, 2.24) is 15.5 Å². The average molecular weight is 436 g/mol. The molecule has 1 unspecified atom stereocenters. The summed E-state index contributed by atoms with van der Waals surface area (Å²) in [5.74, 6) is 0.701. The van der Waals surface area contributed by atoms with Gasteiger partial charge in [-0.25, -0.2) is 4.79 Å². The number of urea groups is 1. The van der Waals surface area contributed by atoms with Gasteiger partial charge in [-0.2, -0.15) is 0 Å². The minimum Gasteiger partial charge on any atom is -0.385 e. The number of hydrogen-bond acceptors (Lipinski definition) is 3. The van der Waals surface area contributed by atoms with E-state index < -0.39 is 5.60 Å². The van der Waals surface area contributed by atoms with Crippen molar-refractivity contribution in [2.24, 2.45) is 11.8 Å². The molecule has 6 heteroatoms. The molecule has 1 aliphatic heterocycles. The predicted molar refractivity (Wildman–Crippen MR) is 123 cm³/mol. The Labute approximate surface area is 186 Å². The van der Waals surface area contributed by atoms with Gasteiger partial charge in [-0.3, -0.25) is 0 Å². The summed E-state index contributed by atoms with van der Waals surface area (Å²) in [6, 6.07) is 7.58. The fraction of sp³-hybridized carbons (Fsp3) is 0.708. The van der Waals surface area contributed by atoms with Crippen LogP contribution in [0.2, 0.25) is 5.02 Å². The lowest BCUT2D eigenvalue weighted by Crippen LogP contribution is -2.53. The van der Waals surface area contributed by atoms with Gasteiger partial charge >= 0.3 is 6.03 Å². The van der Waals surface area contributed by atoms with Crippen LogP contribution in [0.3, 0.4) is 0 Å². The van der Waals surface area contributed by atoms with Crippen LogP contribution in [0, 0.1) is 11.8 Å². The maximum Gasteiger partial charge on any atom is 0.317 e. The summed E-state index contributed by atoms with van der Waals surface area (Å²) in [7, 11) is 1.94. The first-order valence-corrected chi connectivity index (χ1v) is 12.0. The highest BCUT2D eigenvalue weighted by atomic mass is 35.5. The summed E-state index contributed by atoms with van der Waals surface area (Å²) in [6.45, 7) is 3.93. The number of halogens is 1. The summed E-state index contributed by atoms with van der Waals surface area (Å²) in [5.41, 5.74) is -0.205. The Morgan fingerprint density at radius 3 is 2.73 bits per heavy atom. The number of rotatable bonds is 7. The third-order valence-electron chi connectivity index (χ3n) is 7.03. The van der Waals surface area contributed by atoms with E-state index in [1.165, 1.54) is 32.1 Å². The normalized spacial score (nSPS) is 23.6. The topological polar surface area (TPSA) is 64.6 Å². The van der Waals surface area contributed by atoms with Crippen LogP contribution in [0.5, 0.6) is 0 Å². The monoisotopic (exact) mass is 435 g/mol. The number of nitrogens with zero attached hydrogens (tertiary/aromatic N) is 1. The van der Waals surface area contributed by atoms with E-state index in [1.54, 1.807) is 0 Å². The van der Waals surface area contributed by atoms with Gasteiger partial charge in [0, 0.05) is 36.6 Å². The van der Waals surface area contributed by atoms with Gasteiger partial charge in [0.05, 0.1) is 5.60 Å². The molecule has 3 rings (SSSR count). The summed E-state index contributed by atoms with van der Waals surface area (Å²) in [5, 5.41) is 18.4. The number of nitrogens with one attached hydrogen (secondary N) is 2. The Hall–Kier alpha value is -1.30. The summed E-state index contributed by atoms with van der Waals surface area (Å²) >= 11 is 6.14. The van der Waals surface area contributed by atoms with Gasteiger partial charge < -0.3 is 20.6 Å². The number of carbonyl (C=O) groups is 1. The van der Waals surface area contributed by atoms with E-state index in [4.69, 9.17) is 11.6 Å². The standard InChI is InChI=1S/C24H38ClN3O2/c1-24(30,19-10-6-12-21(25)15-19)20-11-7-13-28(17-20)23(29)27-22(16-26-2)14-18-8-4-3-5-9-18/h6,10,12,15,18,20,22,26,30H,3-5,7-9,11,13-14,16-17H2,1-2H3,(H,27,29)/t20-,22?,24-/m1/s1. The van der Waals surface area contributed by atoms with Crippen molar-refractivity contribution in [2.45, 2.75) is 69.9 Å². The van der Waals surface area contributed by atoms with Gasteiger partial charge in [-0.15, -0.1) is 0 Å². The van der Waals surface area contributed by atoms with Crippen LogP contribution in [-0.2, 0) is 5.60 Å². The van der Waals surface area contributed by atoms with Crippen LogP contribution in [-0.4, -0.2) is 48.8 Å². The number of carbonyl (C=O) groups excluding carboxylic acids is 1. The molecule has 1 saturated carbocycles. The van der Waals surface area contributed by atoms with Crippen molar-refractivity contribution < 1.29 is 9.90 Å². The molecule has 2 amide bonds. The molecule has 3 N–H and O–H groups in total. The molecule has 5 nitrogen and oxygen atoms in total. The van der Waals surface area contributed by atoms with E-state index >= 15 is 0 Å². The van der Waals surface area contributed by atoms with Crippen LogP contribution in [0.4, 0.5) is 4.79 Å². The summed E-state index contributed by atoms with van der Waals surface area (Å²) in [6.07, 6.45) is 9.38. The number of likely N-dealkylation sites (N-methyl/N-ethyl adjacent to an activating group) is 1. The van der Waals surface area contributed by atoms with E-state index in [2.05, 4.69) is 10.6 Å². The third-order valence-corrected chi connectivity index (χ3v) is 7.27. The number of aliphatic hydroxyl groups is 1. The molecule has 30 heavy (non-hydrogen) atoms. The number of piperidine rings is 1. The number of hydrogen-bond donors (Lipinski definition) is 3. The van der Waals surface area contributed by atoms with Crippen molar-refractivity contribution in [3.8, 4) is 0 Å². The fourth-order valence-corrected chi connectivity index (χ4v) is 5.38. The molecule has 0 radical (unpaired) electrons. The molecule has 2 fully saturated rings. The zero-order chi connectivity index (χ0) is 21.6. The molecule has 0 bridgehead atoms. The Bertz CT molecular complexity index is 691. The van der Waals surface area contributed by atoms with Gasteiger partial charge in [-0.1, -0.05) is 55.8 Å². The van der Waals surface area contributed by atoms with Gasteiger partial charge in [-0.05, 0) is 56.8 Å². The van der Waals surface area contributed by atoms with Crippen molar-refractivity contribution in [3.63, 3.8) is 0 Å². The minimum absolute atomic E-state index is 0.00217. The smallest absolute Gasteiger partial charge is 0.317 e. The summed E-state index contributed by atoms with van der Waals surface area (Å²) in [4.78, 5) is 15.0. The molecule has 1 saturated heterocycles. The van der Waals surface area contributed by atoms with Gasteiger partial charge in [0.2, 0.25) is 0 Å². The molecular formula is C24H38ClN3O2. The zero-order valence-corrected chi connectivity index (χ0v) is 19.3. The fourth-order valence-electron chi connectivity index (χ4n) is 5.19. The quantitative estimate of drug-likeness (QED) is 0.589. The lowest BCUT2D eigenvalue weighted by molar-refractivity contribution is -0.0314. The molecule has 0 spiro atoms. The second kappa shape index (κ2) is 10.8. The number of benzene rings is 1. The van der Waals surface area contributed by atoms with Crippen molar-refractivity contribution >= 4 is 17.6 Å². The van der Waals surface area contributed by atoms with E-state index in [-0.39, 0.29) is 18.0 Å². The van der Waals surface area contributed by atoms with Crippen LogP contribution in [0.1, 0.15) is 63.9 Å².